The summed E-state index contributed by atoms with van der Waals surface area (Å²) in [5, 5.41) is 13.7. The topological polar surface area (TPSA) is 112 Å². The molecule has 41 heavy (non-hydrogen) atoms. The number of nitrogens with zero attached hydrogens (tertiary/aromatic N) is 3. The van der Waals surface area contributed by atoms with Gasteiger partial charge in [0.1, 0.15) is 5.56 Å². The first-order chi connectivity index (χ1) is 19.6. The van der Waals surface area contributed by atoms with Crippen molar-refractivity contribution in [2.45, 2.75) is 76.4 Å². The van der Waals surface area contributed by atoms with Crippen molar-refractivity contribution in [3.8, 4) is 0 Å². The van der Waals surface area contributed by atoms with E-state index in [-0.39, 0.29) is 17.3 Å². The second-order valence-electron chi connectivity index (χ2n) is 11.1. The fourth-order valence-corrected chi connectivity index (χ4v) is 5.93. The second kappa shape index (κ2) is 13.9. The number of pyridine rings is 1. The number of anilines is 2. The van der Waals surface area contributed by atoms with E-state index in [2.05, 4.69) is 15.2 Å². The van der Waals surface area contributed by atoms with Gasteiger partial charge >= 0.3 is 6.18 Å². The van der Waals surface area contributed by atoms with Crippen molar-refractivity contribution in [1.82, 2.24) is 9.88 Å². The number of nitro benzene ring substituents is 1. The molecule has 12 heteroatoms. The van der Waals surface area contributed by atoms with Crippen molar-refractivity contribution in [2.75, 3.05) is 36.4 Å². The van der Waals surface area contributed by atoms with E-state index in [1.165, 1.54) is 31.7 Å². The van der Waals surface area contributed by atoms with Crippen LogP contribution in [0.4, 0.5) is 30.2 Å². The van der Waals surface area contributed by atoms with E-state index in [9.17, 15) is 32.9 Å². The standard InChI is InChI=1S/C16H23N3O2.C13H15F3N2O2/c20-15-12-14(5-6-17-15)18-7-9-19(10-8-18)16(21)11-13-3-1-2-4-13;14-13(15,16)11-8-10(6-7-12(11)18(19)20)17-9-4-2-1-3-5-9/h5-6,12-13H,1-4,7-11H2,(H,17,20);6-9,17H,1-5H2. The number of benzene rings is 1. The van der Waals surface area contributed by atoms with Crippen LogP contribution >= 0.6 is 0 Å². The lowest BCUT2D eigenvalue weighted by atomic mass is 9.95. The van der Waals surface area contributed by atoms with Gasteiger partial charge in [0.2, 0.25) is 11.5 Å². The number of hydrogen-bond acceptors (Lipinski definition) is 6. The quantitative estimate of drug-likeness (QED) is 0.324. The number of carbonyl (C=O) groups is 1. The molecule has 2 aliphatic carbocycles. The molecule has 0 radical (unpaired) electrons. The minimum Gasteiger partial charge on any atom is -0.382 e. The molecule has 5 rings (SSSR count). The molecule has 0 atom stereocenters. The molecular formula is C29H38F3N5O4. The smallest absolute Gasteiger partial charge is 0.382 e. The molecule has 224 valence electrons. The maximum atomic E-state index is 12.8. The summed E-state index contributed by atoms with van der Waals surface area (Å²) in [4.78, 5) is 40.1. The number of carbonyl (C=O) groups excluding carboxylic acids is 1. The van der Waals surface area contributed by atoms with Gasteiger partial charge in [0.15, 0.2) is 0 Å². The van der Waals surface area contributed by atoms with Gasteiger partial charge in [0.25, 0.3) is 5.69 Å². The minimum absolute atomic E-state index is 0.0766. The molecule has 1 aliphatic heterocycles. The van der Waals surface area contributed by atoms with Gasteiger partial charge in [-0.15, -0.1) is 0 Å². The van der Waals surface area contributed by atoms with Gasteiger partial charge in [0.05, 0.1) is 4.92 Å². The highest BCUT2D eigenvalue weighted by Crippen LogP contribution is 2.38. The Morgan fingerprint density at radius 1 is 0.976 bits per heavy atom. The van der Waals surface area contributed by atoms with Gasteiger partial charge in [-0.1, -0.05) is 32.1 Å². The van der Waals surface area contributed by atoms with Crippen LogP contribution in [0.25, 0.3) is 0 Å². The number of H-pyrrole nitrogens is 1. The predicted octanol–water partition coefficient (Wildman–Crippen LogP) is 5.96. The zero-order valence-corrected chi connectivity index (χ0v) is 23.1. The first kappa shape index (κ1) is 30.4. The predicted molar refractivity (Wildman–Crippen MR) is 151 cm³/mol. The van der Waals surface area contributed by atoms with Crippen LogP contribution in [0.1, 0.15) is 69.8 Å². The fraction of sp³-hybridized carbons (Fsp3) is 0.586. The Bertz CT molecular complexity index is 1230. The summed E-state index contributed by atoms with van der Waals surface area (Å²) in [7, 11) is 0. The zero-order chi connectivity index (χ0) is 29.4. The van der Waals surface area contributed by atoms with Gasteiger partial charge in [-0.25, -0.2) is 0 Å². The summed E-state index contributed by atoms with van der Waals surface area (Å²) >= 11 is 0. The van der Waals surface area contributed by atoms with Crippen LogP contribution in [-0.4, -0.2) is 52.9 Å². The number of aromatic amines is 1. The van der Waals surface area contributed by atoms with E-state index in [4.69, 9.17) is 0 Å². The normalized spacial score (nSPS) is 18.5. The van der Waals surface area contributed by atoms with E-state index in [1.54, 1.807) is 12.3 Å². The van der Waals surface area contributed by atoms with E-state index in [0.717, 1.165) is 82.5 Å². The molecule has 1 aromatic heterocycles. The van der Waals surface area contributed by atoms with Gasteiger partial charge in [-0.2, -0.15) is 13.2 Å². The molecule has 0 bridgehead atoms. The van der Waals surface area contributed by atoms with Crippen LogP contribution in [0, 0.1) is 16.0 Å². The lowest BCUT2D eigenvalue weighted by molar-refractivity contribution is -0.388. The second-order valence-corrected chi connectivity index (χ2v) is 11.1. The summed E-state index contributed by atoms with van der Waals surface area (Å²) in [6.07, 6.45) is 7.77. The maximum absolute atomic E-state index is 12.8. The Hall–Kier alpha value is -3.57. The Morgan fingerprint density at radius 3 is 2.24 bits per heavy atom. The van der Waals surface area contributed by atoms with Crippen molar-refractivity contribution in [1.29, 1.82) is 0 Å². The van der Waals surface area contributed by atoms with Gasteiger partial charge < -0.3 is 20.1 Å². The third-order valence-corrected chi connectivity index (χ3v) is 8.17. The lowest BCUT2D eigenvalue weighted by Crippen LogP contribution is -2.49. The molecule has 9 nitrogen and oxygen atoms in total. The Balaban J connectivity index is 0.000000189. The summed E-state index contributed by atoms with van der Waals surface area (Å²) in [6.45, 7) is 3.14. The number of amides is 1. The SMILES string of the molecule is O=C(CC1CCCC1)N1CCN(c2cc[nH]c(=O)c2)CC1.O=[N+]([O-])c1ccc(NC2CCCCC2)cc1C(F)(F)F. The van der Waals surface area contributed by atoms with Crippen molar-refractivity contribution in [3.63, 3.8) is 0 Å². The first-order valence-electron chi connectivity index (χ1n) is 14.4. The largest absolute Gasteiger partial charge is 0.423 e. The molecule has 0 unspecified atom stereocenters. The number of aromatic nitrogens is 1. The molecule has 0 spiro atoms. The van der Waals surface area contributed by atoms with Crippen LogP contribution < -0.4 is 15.8 Å². The third-order valence-electron chi connectivity index (χ3n) is 8.17. The Morgan fingerprint density at radius 2 is 1.63 bits per heavy atom. The average molecular weight is 578 g/mol. The van der Waals surface area contributed by atoms with Crippen molar-refractivity contribution < 1.29 is 22.9 Å². The van der Waals surface area contributed by atoms with Gasteiger partial charge in [-0.3, -0.25) is 19.7 Å². The van der Waals surface area contributed by atoms with Crippen molar-refractivity contribution in [3.05, 3.63) is 62.6 Å². The van der Waals surface area contributed by atoms with Crippen LogP contribution in [-0.2, 0) is 11.0 Å². The highest BCUT2D eigenvalue weighted by atomic mass is 19.4. The number of halogens is 3. The van der Waals surface area contributed by atoms with Crippen LogP contribution in [0.2, 0.25) is 0 Å². The van der Waals surface area contributed by atoms with E-state index in [1.807, 2.05) is 11.0 Å². The monoisotopic (exact) mass is 577 g/mol. The highest BCUT2D eigenvalue weighted by molar-refractivity contribution is 5.76. The summed E-state index contributed by atoms with van der Waals surface area (Å²) in [6, 6.07) is 6.75. The fourth-order valence-electron chi connectivity index (χ4n) is 5.93. The summed E-state index contributed by atoms with van der Waals surface area (Å²) < 4.78 is 38.5. The lowest BCUT2D eigenvalue weighted by Gasteiger charge is -2.36. The average Bonchev–Trinajstić information content (AvgIpc) is 3.46. The molecule has 1 amide bonds. The Kier molecular flexibility index (Phi) is 10.3. The Labute approximate surface area is 237 Å². The van der Waals surface area contributed by atoms with E-state index < -0.39 is 22.4 Å². The molecule has 2 heterocycles. The summed E-state index contributed by atoms with van der Waals surface area (Å²) in [5.41, 5.74) is -0.960. The molecule has 1 saturated heterocycles. The molecular weight excluding hydrogens is 539 g/mol. The molecule has 3 fully saturated rings. The number of nitrogens with one attached hydrogen (secondary N) is 2. The number of rotatable bonds is 6. The van der Waals surface area contributed by atoms with Crippen molar-refractivity contribution >= 4 is 23.0 Å². The number of hydrogen-bond donors (Lipinski definition) is 2. The summed E-state index contributed by atoms with van der Waals surface area (Å²) in [5.74, 6) is 0.927. The third kappa shape index (κ3) is 8.71. The number of piperazine rings is 1. The number of nitro groups is 1. The maximum Gasteiger partial charge on any atom is 0.423 e. The van der Waals surface area contributed by atoms with Crippen LogP contribution in [0.3, 0.4) is 0 Å². The molecule has 2 saturated carbocycles. The van der Waals surface area contributed by atoms with Gasteiger partial charge in [-0.05, 0) is 49.8 Å². The van der Waals surface area contributed by atoms with E-state index >= 15 is 0 Å². The highest BCUT2D eigenvalue weighted by Gasteiger charge is 2.38. The minimum atomic E-state index is -4.73. The molecule has 3 aliphatic rings. The first-order valence-corrected chi connectivity index (χ1v) is 14.4. The molecule has 1 aromatic carbocycles. The zero-order valence-electron chi connectivity index (χ0n) is 23.1. The molecule has 2 aromatic rings. The van der Waals surface area contributed by atoms with Crippen LogP contribution in [0.5, 0.6) is 0 Å². The van der Waals surface area contributed by atoms with Gasteiger partial charge in [0, 0.05) is 68.3 Å². The van der Waals surface area contributed by atoms with E-state index in [0.29, 0.717) is 11.8 Å². The molecule has 2 N–H and O–H groups in total. The van der Waals surface area contributed by atoms with Crippen LogP contribution in [0.15, 0.2) is 41.3 Å². The number of alkyl halides is 3. The van der Waals surface area contributed by atoms with Crippen molar-refractivity contribution in [2.24, 2.45) is 5.92 Å².